The Morgan fingerprint density at radius 2 is 2.21 bits per heavy atom. The molecule has 1 aliphatic heterocycles. The van der Waals surface area contributed by atoms with Crippen molar-refractivity contribution in [1.29, 1.82) is 0 Å². The molecule has 3 N–H and O–H groups in total. The van der Waals surface area contributed by atoms with Crippen molar-refractivity contribution in [3.63, 3.8) is 0 Å². The number of ether oxygens (including phenoxy) is 1. The summed E-state index contributed by atoms with van der Waals surface area (Å²) >= 11 is 6.46. The van der Waals surface area contributed by atoms with Crippen LogP contribution in [0.5, 0.6) is 0 Å². The number of halogens is 1. The lowest BCUT2D eigenvalue weighted by molar-refractivity contribution is 0.0518. The molecule has 3 aromatic rings. The fourth-order valence-corrected chi connectivity index (χ4v) is 3.95. The quantitative estimate of drug-likeness (QED) is 0.634. The lowest BCUT2D eigenvalue weighted by Gasteiger charge is -2.31. The Labute approximate surface area is 172 Å². The van der Waals surface area contributed by atoms with Crippen LogP contribution in [-0.4, -0.2) is 46.3 Å². The third kappa shape index (κ3) is 3.61. The highest BCUT2D eigenvalue weighted by Gasteiger charge is 2.27. The number of hydrogen-bond acceptors (Lipinski definition) is 6. The van der Waals surface area contributed by atoms with Crippen molar-refractivity contribution >= 4 is 28.9 Å². The number of esters is 1. The average molecular weight is 416 g/mol. The van der Waals surface area contributed by atoms with Crippen molar-refractivity contribution < 1.29 is 9.53 Å². The number of aromatic nitrogens is 3. The molecule has 0 bridgehead atoms. The number of benzene rings is 1. The number of carbonyl (C=O) groups is 1. The molecule has 1 fully saturated rings. The zero-order chi connectivity index (χ0) is 20.5. The van der Waals surface area contributed by atoms with Crippen molar-refractivity contribution in [3.05, 3.63) is 51.5 Å². The fourth-order valence-electron chi connectivity index (χ4n) is 3.72. The molecule has 1 saturated heterocycles. The van der Waals surface area contributed by atoms with Gasteiger partial charge < -0.3 is 20.4 Å². The van der Waals surface area contributed by atoms with Crippen molar-refractivity contribution in [3.8, 4) is 11.1 Å². The molecule has 4 rings (SSSR count). The Bertz CT molecular complexity index is 1120. The highest BCUT2D eigenvalue weighted by molar-refractivity contribution is 6.33. The van der Waals surface area contributed by atoms with Gasteiger partial charge in [0.25, 0.3) is 5.56 Å². The molecule has 9 heteroatoms. The first-order valence-electron chi connectivity index (χ1n) is 9.57. The lowest BCUT2D eigenvalue weighted by atomic mass is 10.0. The van der Waals surface area contributed by atoms with E-state index in [0.29, 0.717) is 34.0 Å². The van der Waals surface area contributed by atoms with E-state index in [1.807, 2.05) is 18.2 Å². The maximum absolute atomic E-state index is 13.0. The summed E-state index contributed by atoms with van der Waals surface area (Å²) in [4.78, 5) is 29.8. The van der Waals surface area contributed by atoms with E-state index in [1.54, 1.807) is 13.0 Å². The van der Waals surface area contributed by atoms with Gasteiger partial charge in [-0.25, -0.2) is 9.31 Å². The number of nitrogens with two attached hydrogens (primary N) is 1. The lowest BCUT2D eigenvalue weighted by Crippen LogP contribution is -2.43. The molecule has 0 radical (unpaired) electrons. The number of anilines is 1. The zero-order valence-corrected chi connectivity index (χ0v) is 16.8. The minimum atomic E-state index is -0.608. The van der Waals surface area contributed by atoms with Gasteiger partial charge in [-0.05, 0) is 25.8 Å². The third-order valence-corrected chi connectivity index (χ3v) is 5.33. The van der Waals surface area contributed by atoms with Gasteiger partial charge in [0, 0.05) is 29.7 Å². The molecular weight excluding hydrogens is 394 g/mol. The van der Waals surface area contributed by atoms with Gasteiger partial charge in [-0.15, -0.1) is 5.10 Å². The van der Waals surface area contributed by atoms with E-state index in [1.165, 1.54) is 10.7 Å². The fraction of sp³-hybridized carbons (Fsp3) is 0.350. The Hall–Kier alpha value is -2.84. The maximum Gasteiger partial charge on any atom is 0.356 e. The van der Waals surface area contributed by atoms with Gasteiger partial charge in [-0.1, -0.05) is 29.8 Å². The normalized spacial score (nSPS) is 16.9. The van der Waals surface area contributed by atoms with Gasteiger partial charge in [-0.3, -0.25) is 4.79 Å². The predicted octanol–water partition coefficient (Wildman–Crippen LogP) is 2.45. The van der Waals surface area contributed by atoms with Crippen LogP contribution >= 0.6 is 11.6 Å². The standard InChI is InChI=1S/C20H22ClN5O3/c1-2-29-20(28)15-11-26-17(19(27)23-15)16(13-7-3-4-8-14(13)21)18(24-26)25-9-5-6-12(22)10-25/h3-4,7-8,11-12H,2,5-6,9-10,22H2,1H3,(H,23,27)/t12-/m1/s1. The molecule has 2 aromatic heterocycles. The molecular formula is C20H22ClN5O3. The SMILES string of the molecule is CCOC(=O)c1cn2nc(N3CCC[C@@H](N)C3)c(-c3ccccc3Cl)c2c(=O)[nH]1. The minimum absolute atomic E-state index is 0.0287. The molecule has 3 heterocycles. The molecule has 0 spiro atoms. The van der Waals surface area contributed by atoms with Gasteiger partial charge in [0.1, 0.15) is 11.2 Å². The smallest absolute Gasteiger partial charge is 0.356 e. The molecule has 0 aliphatic carbocycles. The summed E-state index contributed by atoms with van der Waals surface area (Å²) in [5.41, 5.74) is 7.42. The summed E-state index contributed by atoms with van der Waals surface area (Å²) < 4.78 is 6.43. The van der Waals surface area contributed by atoms with Gasteiger partial charge >= 0.3 is 5.97 Å². The first-order chi connectivity index (χ1) is 14.0. The van der Waals surface area contributed by atoms with Crippen LogP contribution in [0.1, 0.15) is 30.3 Å². The number of rotatable bonds is 4. The number of hydrogen-bond donors (Lipinski definition) is 2. The highest BCUT2D eigenvalue weighted by atomic mass is 35.5. The largest absolute Gasteiger partial charge is 0.461 e. The summed E-state index contributed by atoms with van der Waals surface area (Å²) in [5.74, 6) is 0.0163. The van der Waals surface area contributed by atoms with Crippen molar-refractivity contribution in [2.75, 3.05) is 24.6 Å². The van der Waals surface area contributed by atoms with Crippen molar-refractivity contribution in [2.45, 2.75) is 25.8 Å². The Morgan fingerprint density at radius 1 is 1.41 bits per heavy atom. The van der Waals surface area contributed by atoms with Crippen LogP contribution in [0.4, 0.5) is 5.82 Å². The molecule has 1 aliphatic rings. The molecule has 0 amide bonds. The maximum atomic E-state index is 13.0. The average Bonchev–Trinajstić information content (AvgIpc) is 3.08. The number of nitrogens with one attached hydrogen (secondary N) is 1. The molecule has 8 nitrogen and oxygen atoms in total. The summed E-state index contributed by atoms with van der Waals surface area (Å²) in [6, 6.07) is 7.34. The number of carbonyl (C=O) groups excluding carboxylic acids is 1. The summed E-state index contributed by atoms with van der Waals surface area (Å²) in [6.45, 7) is 3.32. The first kappa shape index (κ1) is 19.5. The number of aromatic amines is 1. The summed E-state index contributed by atoms with van der Waals surface area (Å²) in [5, 5.41) is 5.17. The van der Waals surface area contributed by atoms with E-state index < -0.39 is 11.5 Å². The highest BCUT2D eigenvalue weighted by Crippen LogP contribution is 2.37. The monoisotopic (exact) mass is 415 g/mol. The molecule has 29 heavy (non-hydrogen) atoms. The molecule has 0 saturated carbocycles. The van der Waals surface area contributed by atoms with Crippen LogP contribution in [0.15, 0.2) is 35.3 Å². The van der Waals surface area contributed by atoms with E-state index in [0.717, 1.165) is 19.4 Å². The van der Waals surface area contributed by atoms with Crippen LogP contribution in [0.25, 0.3) is 16.6 Å². The minimum Gasteiger partial charge on any atom is -0.461 e. The Kier molecular flexibility index (Phi) is 5.29. The third-order valence-electron chi connectivity index (χ3n) is 5.00. The van der Waals surface area contributed by atoms with Crippen molar-refractivity contribution in [1.82, 2.24) is 14.6 Å². The van der Waals surface area contributed by atoms with E-state index in [-0.39, 0.29) is 18.3 Å². The number of piperidine rings is 1. The topological polar surface area (TPSA) is 106 Å². The van der Waals surface area contributed by atoms with Crippen LogP contribution in [0.3, 0.4) is 0 Å². The van der Waals surface area contributed by atoms with Gasteiger partial charge in [0.15, 0.2) is 5.82 Å². The molecule has 1 aromatic carbocycles. The second kappa shape index (κ2) is 7.88. The van der Waals surface area contributed by atoms with Crippen LogP contribution in [0.2, 0.25) is 5.02 Å². The number of nitrogens with zero attached hydrogens (tertiary/aromatic N) is 3. The van der Waals surface area contributed by atoms with E-state index >= 15 is 0 Å². The van der Waals surface area contributed by atoms with E-state index in [9.17, 15) is 9.59 Å². The summed E-state index contributed by atoms with van der Waals surface area (Å²) in [6.07, 6.45) is 3.35. The number of fused-ring (bicyclic) bond motifs is 1. The Balaban J connectivity index is 1.96. The van der Waals surface area contributed by atoms with Crippen molar-refractivity contribution in [2.24, 2.45) is 5.73 Å². The van der Waals surface area contributed by atoms with Crippen LogP contribution < -0.4 is 16.2 Å². The van der Waals surface area contributed by atoms with E-state index in [4.69, 9.17) is 22.1 Å². The van der Waals surface area contributed by atoms with Crippen LogP contribution in [0, 0.1) is 0 Å². The number of H-pyrrole nitrogens is 1. The van der Waals surface area contributed by atoms with E-state index in [2.05, 4.69) is 15.0 Å². The Morgan fingerprint density at radius 3 is 2.93 bits per heavy atom. The predicted molar refractivity (Wildman–Crippen MR) is 112 cm³/mol. The molecule has 1 atom stereocenters. The zero-order valence-electron chi connectivity index (χ0n) is 16.0. The van der Waals surface area contributed by atoms with Gasteiger partial charge in [0.05, 0.1) is 18.4 Å². The molecule has 0 unspecified atom stereocenters. The summed E-state index contributed by atoms with van der Waals surface area (Å²) in [7, 11) is 0. The second-order valence-corrected chi connectivity index (χ2v) is 7.44. The second-order valence-electron chi connectivity index (χ2n) is 7.04. The first-order valence-corrected chi connectivity index (χ1v) is 9.95. The van der Waals surface area contributed by atoms with Crippen LogP contribution in [-0.2, 0) is 4.74 Å². The van der Waals surface area contributed by atoms with Gasteiger partial charge in [-0.2, -0.15) is 0 Å². The molecule has 152 valence electrons. The van der Waals surface area contributed by atoms with Gasteiger partial charge in [0.2, 0.25) is 0 Å².